The molecule has 1 N–H and O–H groups in total. The third kappa shape index (κ3) is 5.14. The van der Waals surface area contributed by atoms with E-state index in [0.717, 1.165) is 0 Å². The van der Waals surface area contributed by atoms with Crippen molar-refractivity contribution in [2.75, 3.05) is 24.4 Å². The summed E-state index contributed by atoms with van der Waals surface area (Å²) in [5, 5.41) is 0.215. The van der Waals surface area contributed by atoms with Gasteiger partial charge < -0.3 is 9.64 Å². The predicted molar refractivity (Wildman–Crippen MR) is 107 cm³/mol. The molecule has 0 heterocycles. The molecule has 0 bridgehead atoms. The second kappa shape index (κ2) is 9.10. The molecule has 0 radical (unpaired) electrons. The molecule has 0 aliphatic rings. The molecule has 146 valence electrons. The number of amides is 1. The fourth-order valence-electron chi connectivity index (χ4n) is 2.52. The average molecular weight is 411 g/mol. The van der Waals surface area contributed by atoms with Gasteiger partial charge in [-0.1, -0.05) is 11.6 Å². The monoisotopic (exact) mass is 410 g/mol. The zero-order chi connectivity index (χ0) is 20.0. The van der Waals surface area contributed by atoms with Crippen molar-refractivity contribution in [3.05, 3.63) is 53.1 Å². The maximum atomic E-state index is 12.7. The summed E-state index contributed by atoms with van der Waals surface area (Å²) in [5.74, 6) is 0.349. The normalized spacial score (nSPS) is 11.1. The summed E-state index contributed by atoms with van der Waals surface area (Å²) >= 11 is 6.13. The Balaban J connectivity index is 2.30. The highest BCUT2D eigenvalue weighted by Crippen LogP contribution is 2.24. The van der Waals surface area contributed by atoms with Crippen molar-refractivity contribution >= 4 is 33.2 Å². The van der Waals surface area contributed by atoms with Crippen LogP contribution in [0.5, 0.6) is 5.75 Å². The Kier molecular flexibility index (Phi) is 7.10. The summed E-state index contributed by atoms with van der Waals surface area (Å²) < 4.78 is 33.2. The van der Waals surface area contributed by atoms with Crippen molar-refractivity contribution in [2.24, 2.45) is 0 Å². The number of nitrogens with one attached hydrogen (secondary N) is 1. The van der Waals surface area contributed by atoms with E-state index in [1.165, 1.54) is 18.2 Å². The van der Waals surface area contributed by atoms with Crippen molar-refractivity contribution in [1.82, 2.24) is 4.90 Å². The molecule has 2 rings (SSSR count). The van der Waals surface area contributed by atoms with Gasteiger partial charge in [-0.3, -0.25) is 9.52 Å². The van der Waals surface area contributed by atoms with E-state index < -0.39 is 10.0 Å². The van der Waals surface area contributed by atoms with Crippen molar-refractivity contribution < 1.29 is 17.9 Å². The largest absolute Gasteiger partial charge is 0.494 e. The standard InChI is InChI=1S/C19H23ClN2O4S/c1-4-22(5-2)19(23)17-13-16(11-12-18(17)20)27(24,25)21-14-7-9-15(10-8-14)26-6-3/h7-13,21H,4-6H2,1-3H3. The number of hydrogen-bond donors (Lipinski definition) is 1. The smallest absolute Gasteiger partial charge is 0.261 e. The van der Waals surface area contributed by atoms with E-state index in [9.17, 15) is 13.2 Å². The number of sulfonamides is 1. The molecule has 2 aromatic carbocycles. The number of rotatable bonds is 8. The summed E-state index contributed by atoms with van der Waals surface area (Å²) in [6, 6.07) is 10.7. The Morgan fingerprint density at radius 2 is 1.70 bits per heavy atom. The third-order valence-corrected chi connectivity index (χ3v) is 5.66. The summed E-state index contributed by atoms with van der Waals surface area (Å²) in [4.78, 5) is 14.1. The van der Waals surface area contributed by atoms with Gasteiger partial charge in [-0.15, -0.1) is 0 Å². The number of anilines is 1. The minimum Gasteiger partial charge on any atom is -0.494 e. The van der Waals surface area contributed by atoms with Crippen molar-refractivity contribution in [3.63, 3.8) is 0 Å². The van der Waals surface area contributed by atoms with E-state index in [-0.39, 0.29) is 21.4 Å². The lowest BCUT2D eigenvalue weighted by Gasteiger charge is -2.19. The first-order valence-corrected chi connectivity index (χ1v) is 10.5. The first-order chi connectivity index (χ1) is 12.8. The summed E-state index contributed by atoms with van der Waals surface area (Å²) in [6.45, 7) is 7.11. The van der Waals surface area contributed by atoms with E-state index >= 15 is 0 Å². The van der Waals surface area contributed by atoms with Gasteiger partial charge in [-0.05, 0) is 63.2 Å². The lowest BCUT2D eigenvalue weighted by atomic mass is 10.2. The summed E-state index contributed by atoms with van der Waals surface area (Å²) in [7, 11) is -3.87. The molecule has 1 amide bonds. The van der Waals surface area contributed by atoms with Gasteiger partial charge in [0.2, 0.25) is 0 Å². The van der Waals surface area contributed by atoms with E-state index in [1.807, 2.05) is 20.8 Å². The zero-order valence-electron chi connectivity index (χ0n) is 15.5. The molecular weight excluding hydrogens is 388 g/mol. The second-order valence-corrected chi connectivity index (χ2v) is 7.77. The fourth-order valence-corrected chi connectivity index (χ4v) is 3.80. The quantitative estimate of drug-likeness (QED) is 0.713. The Hall–Kier alpha value is -2.25. The van der Waals surface area contributed by atoms with Crippen LogP contribution in [-0.4, -0.2) is 38.9 Å². The molecule has 27 heavy (non-hydrogen) atoms. The van der Waals surface area contributed by atoms with Crippen LogP contribution in [0.2, 0.25) is 5.02 Å². The highest BCUT2D eigenvalue weighted by atomic mass is 35.5. The lowest BCUT2D eigenvalue weighted by molar-refractivity contribution is 0.0773. The molecule has 0 spiro atoms. The van der Waals surface area contributed by atoms with Gasteiger partial charge in [-0.2, -0.15) is 0 Å². The molecule has 0 saturated heterocycles. The molecular formula is C19H23ClN2O4S. The SMILES string of the molecule is CCOc1ccc(NS(=O)(=O)c2ccc(Cl)c(C(=O)N(CC)CC)c2)cc1. The third-order valence-electron chi connectivity index (χ3n) is 3.95. The summed E-state index contributed by atoms with van der Waals surface area (Å²) in [6.07, 6.45) is 0. The molecule has 0 aromatic heterocycles. The maximum Gasteiger partial charge on any atom is 0.261 e. The summed E-state index contributed by atoms with van der Waals surface area (Å²) in [5.41, 5.74) is 0.556. The topological polar surface area (TPSA) is 75.7 Å². The van der Waals surface area contributed by atoms with E-state index in [2.05, 4.69) is 4.72 Å². The molecule has 0 fully saturated rings. The predicted octanol–water partition coefficient (Wildman–Crippen LogP) is 4.02. The first-order valence-electron chi connectivity index (χ1n) is 8.66. The van der Waals surface area contributed by atoms with Crippen molar-refractivity contribution in [3.8, 4) is 5.75 Å². The molecule has 0 aliphatic carbocycles. The molecule has 0 aliphatic heterocycles. The number of carbonyl (C=O) groups is 1. The van der Waals surface area contributed by atoms with Crippen LogP contribution in [-0.2, 0) is 10.0 Å². The number of benzene rings is 2. The highest BCUT2D eigenvalue weighted by molar-refractivity contribution is 7.92. The molecule has 2 aromatic rings. The minimum absolute atomic E-state index is 0.0312. The van der Waals surface area contributed by atoms with Crippen LogP contribution in [0, 0.1) is 0 Å². The molecule has 0 saturated carbocycles. The highest BCUT2D eigenvalue weighted by Gasteiger charge is 2.21. The van der Waals surface area contributed by atoms with Crippen LogP contribution in [0.15, 0.2) is 47.4 Å². The van der Waals surface area contributed by atoms with Crippen molar-refractivity contribution in [1.29, 1.82) is 0 Å². The first kappa shape index (κ1) is 21.1. The van der Waals surface area contributed by atoms with E-state index in [1.54, 1.807) is 29.2 Å². The molecule has 8 heteroatoms. The number of halogens is 1. The Bertz CT molecular complexity index is 894. The average Bonchev–Trinajstić information content (AvgIpc) is 2.64. The Labute approximate surface area is 165 Å². The number of carbonyl (C=O) groups excluding carboxylic acids is 1. The number of hydrogen-bond acceptors (Lipinski definition) is 4. The molecule has 0 atom stereocenters. The van der Waals surface area contributed by atoms with Crippen LogP contribution < -0.4 is 9.46 Å². The number of ether oxygens (including phenoxy) is 1. The fraction of sp³-hybridized carbons (Fsp3) is 0.316. The Morgan fingerprint density at radius 1 is 1.07 bits per heavy atom. The Morgan fingerprint density at radius 3 is 2.26 bits per heavy atom. The van der Waals surface area contributed by atoms with Crippen LogP contribution in [0.4, 0.5) is 5.69 Å². The molecule has 6 nitrogen and oxygen atoms in total. The van der Waals surface area contributed by atoms with Gasteiger partial charge in [-0.25, -0.2) is 8.42 Å². The van der Waals surface area contributed by atoms with E-state index in [0.29, 0.717) is 31.1 Å². The zero-order valence-corrected chi connectivity index (χ0v) is 17.1. The minimum atomic E-state index is -3.87. The second-order valence-electron chi connectivity index (χ2n) is 5.68. The van der Waals surface area contributed by atoms with Gasteiger partial charge in [0.15, 0.2) is 0 Å². The van der Waals surface area contributed by atoms with Gasteiger partial charge in [0.25, 0.3) is 15.9 Å². The lowest BCUT2D eigenvalue weighted by Crippen LogP contribution is -2.30. The van der Waals surface area contributed by atoms with Crippen molar-refractivity contribution in [2.45, 2.75) is 25.7 Å². The number of nitrogens with zero attached hydrogens (tertiary/aromatic N) is 1. The molecule has 0 unspecified atom stereocenters. The van der Waals surface area contributed by atoms with Crippen LogP contribution in [0.1, 0.15) is 31.1 Å². The van der Waals surface area contributed by atoms with E-state index in [4.69, 9.17) is 16.3 Å². The van der Waals surface area contributed by atoms with Crippen LogP contribution in [0.25, 0.3) is 0 Å². The maximum absolute atomic E-state index is 12.7. The van der Waals surface area contributed by atoms with Crippen LogP contribution in [0.3, 0.4) is 0 Å². The van der Waals surface area contributed by atoms with Gasteiger partial charge in [0.1, 0.15) is 5.75 Å². The van der Waals surface area contributed by atoms with Crippen LogP contribution >= 0.6 is 11.6 Å². The van der Waals surface area contributed by atoms with Gasteiger partial charge in [0.05, 0.1) is 22.1 Å². The van der Waals surface area contributed by atoms with Gasteiger partial charge in [0, 0.05) is 18.8 Å². The van der Waals surface area contributed by atoms with Gasteiger partial charge >= 0.3 is 0 Å².